The minimum Gasteiger partial charge on any atom is -0.347 e. The Morgan fingerprint density at radius 1 is 1.08 bits per heavy atom. The first-order valence-electron chi connectivity index (χ1n) is 8.55. The number of piperidine rings is 1. The second-order valence-corrected chi connectivity index (χ2v) is 6.32. The molecule has 0 aliphatic carbocycles. The van der Waals surface area contributed by atoms with Crippen LogP contribution in [0.15, 0.2) is 36.7 Å². The van der Waals surface area contributed by atoms with Gasteiger partial charge in [0.05, 0.1) is 25.6 Å². The van der Waals surface area contributed by atoms with Crippen molar-refractivity contribution in [2.75, 3.05) is 31.6 Å². The zero-order valence-corrected chi connectivity index (χ0v) is 14.2. The topological polar surface area (TPSA) is 76.6 Å². The Labute approximate surface area is 150 Å². The van der Waals surface area contributed by atoms with Gasteiger partial charge in [0.1, 0.15) is 17.3 Å². The van der Waals surface area contributed by atoms with Crippen LogP contribution in [0.1, 0.15) is 23.3 Å². The zero-order chi connectivity index (χ0) is 18.0. The number of carbonyl (C=O) groups excluding carboxylic acids is 1. The fourth-order valence-corrected chi connectivity index (χ4v) is 3.18. The van der Waals surface area contributed by atoms with Crippen molar-refractivity contribution in [3.8, 4) is 0 Å². The summed E-state index contributed by atoms with van der Waals surface area (Å²) in [7, 11) is 0. The second-order valence-electron chi connectivity index (χ2n) is 6.32. The van der Waals surface area contributed by atoms with Gasteiger partial charge in [-0.1, -0.05) is 0 Å². The summed E-state index contributed by atoms with van der Waals surface area (Å²) in [6.07, 6.45) is 4.26. The van der Waals surface area contributed by atoms with Crippen LogP contribution in [0.2, 0.25) is 0 Å². The minimum absolute atomic E-state index is 0.154. The van der Waals surface area contributed by atoms with Gasteiger partial charge in [-0.2, -0.15) is 0 Å². The Hall–Kier alpha value is -2.58. The highest BCUT2D eigenvalue weighted by Crippen LogP contribution is 2.31. The predicted octanol–water partition coefficient (Wildman–Crippen LogP) is 2.34. The van der Waals surface area contributed by atoms with Gasteiger partial charge in [-0.15, -0.1) is 0 Å². The van der Waals surface area contributed by atoms with E-state index in [1.165, 1.54) is 24.5 Å². The molecule has 0 bridgehead atoms. The number of nitrogens with one attached hydrogen (secondary N) is 1. The molecule has 136 valence electrons. The highest BCUT2D eigenvalue weighted by atomic mass is 19.1. The molecule has 1 spiro atoms. The van der Waals surface area contributed by atoms with Gasteiger partial charge < -0.3 is 19.7 Å². The number of carbonyl (C=O) groups is 1. The number of rotatable bonds is 3. The van der Waals surface area contributed by atoms with E-state index in [2.05, 4.69) is 15.3 Å². The summed E-state index contributed by atoms with van der Waals surface area (Å²) >= 11 is 0. The van der Waals surface area contributed by atoms with E-state index in [4.69, 9.17) is 9.47 Å². The number of amides is 1. The maximum absolute atomic E-state index is 12.9. The molecule has 1 amide bonds. The molecular weight excluding hydrogens is 339 g/mol. The maximum atomic E-state index is 12.9. The van der Waals surface area contributed by atoms with E-state index >= 15 is 0 Å². The lowest BCUT2D eigenvalue weighted by Gasteiger charge is -2.37. The van der Waals surface area contributed by atoms with Gasteiger partial charge in [0.2, 0.25) is 0 Å². The van der Waals surface area contributed by atoms with Crippen LogP contribution in [0.5, 0.6) is 0 Å². The van der Waals surface area contributed by atoms with Crippen LogP contribution in [-0.2, 0) is 9.47 Å². The molecule has 1 N–H and O–H groups in total. The molecule has 7 nitrogen and oxygen atoms in total. The first-order chi connectivity index (χ1) is 12.6. The molecule has 2 aliphatic heterocycles. The van der Waals surface area contributed by atoms with Crippen molar-refractivity contribution in [2.24, 2.45) is 0 Å². The first kappa shape index (κ1) is 16.9. The number of likely N-dealkylation sites (tertiary alicyclic amines) is 1. The van der Waals surface area contributed by atoms with E-state index in [1.807, 2.05) is 0 Å². The van der Waals surface area contributed by atoms with Crippen LogP contribution < -0.4 is 5.32 Å². The summed E-state index contributed by atoms with van der Waals surface area (Å²) in [5.74, 6) is -0.484. The smallest absolute Gasteiger partial charge is 0.274 e. The molecule has 2 aromatic rings. The summed E-state index contributed by atoms with van der Waals surface area (Å²) in [4.78, 5) is 22.8. The fraction of sp³-hybridized carbons (Fsp3) is 0.389. The molecule has 1 aromatic carbocycles. The maximum Gasteiger partial charge on any atom is 0.274 e. The molecule has 2 aliphatic rings. The van der Waals surface area contributed by atoms with Crippen molar-refractivity contribution < 1.29 is 18.7 Å². The van der Waals surface area contributed by atoms with Gasteiger partial charge >= 0.3 is 0 Å². The zero-order valence-electron chi connectivity index (χ0n) is 14.2. The average Bonchev–Trinajstić information content (AvgIpc) is 3.12. The van der Waals surface area contributed by atoms with Crippen molar-refractivity contribution in [1.29, 1.82) is 0 Å². The Bertz CT molecular complexity index is 766. The SMILES string of the molecule is O=C(c1cnc(Nc2ccc(F)cc2)cn1)N1CCC2(CC1)OCCO2. The summed E-state index contributed by atoms with van der Waals surface area (Å²) in [6.45, 7) is 2.36. The number of halogens is 1. The minimum atomic E-state index is -0.509. The molecule has 3 heterocycles. The second kappa shape index (κ2) is 6.97. The third-order valence-electron chi connectivity index (χ3n) is 4.61. The molecule has 2 saturated heterocycles. The largest absolute Gasteiger partial charge is 0.347 e. The van der Waals surface area contributed by atoms with Crippen molar-refractivity contribution >= 4 is 17.4 Å². The van der Waals surface area contributed by atoms with Crippen molar-refractivity contribution in [3.05, 3.63) is 48.2 Å². The highest BCUT2D eigenvalue weighted by Gasteiger charge is 2.41. The lowest BCUT2D eigenvalue weighted by molar-refractivity contribution is -0.181. The van der Waals surface area contributed by atoms with E-state index in [1.54, 1.807) is 17.0 Å². The van der Waals surface area contributed by atoms with Gasteiger partial charge in [0.15, 0.2) is 5.79 Å². The summed E-state index contributed by atoms with van der Waals surface area (Å²) in [5.41, 5.74) is 0.983. The molecule has 2 fully saturated rings. The molecule has 26 heavy (non-hydrogen) atoms. The van der Waals surface area contributed by atoms with Gasteiger partial charge in [-0.25, -0.2) is 14.4 Å². The Morgan fingerprint density at radius 2 is 1.77 bits per heavy atom. The Morgan fingerprint density at radius 3 is 2.38 bits per heavy atom. The van der Waals surface area contributed by atoms with E-state index < -0.39 is 5.79 Å². The van der Waals surface area contributed by atoms with Gasteiger partial charge in [-0.05, 0) is 24.3 Å². The number of anilines is 2. The molecular formula is C18H19FN4O3. The molecule has 0 atom stereocenters. The van der Waals surface area contributed by atoms with E-state index in [-0.39, 0.29) is 11.7 Å². The number of aromatic nitrogens is 2. The van der Waals surface area contributed by atoms with Crippen LogP contribution in [0.25, 0.3) is 0 Å². The Balaban J connectivity index is 1.37. The monoisotopic (exact) mass is 358 g/mol. The highest BCUT2D eigenvalue weighted by molar-refractivity contribution is 5.92. The normalized spacial score (nSPS) is 18.9. The van der Waals surface area contributed by atoms with Gasteiger partial charge in [-0.3, -0.25) is 4.79 Å². The van der Waals surface area contributed by atoms with Crippen LogP contribution >= 0.6 is 0 Å². The fourth-order valence-electron chi connectivity index (χ4n) is 3.18. The van der Waals surface area contributed by atoms with E-state index in [9.17, 15) is 9.18 Å². The van der Waals surface area contributed by atoms with E-state index in [0.29, 0.717) is 56.3 Å². The standard InChI is InChI=1S/C18H19FN4O3/c19-13-1-3-14(4-2-13)22-16-12-20-15(11-21-16)17(24)23-7-5-18(6-8-23)25-9-10-26-18/h1-4,11-12H,5-10H2,(H,21,22). The average molecular weight is 358 g/mol. The quantitative estimate of drug-likeness (QED) is 0.908. The summed E-state index contributed by atoms with van der Waals surface area (Å²) in [5, 5.41) is 3.01. The lowest BCUT2D eigenvalue weighted by atomic mass is 10.0. The molecule has 0 unspecified atom stereocenters. The van der Waals surface area contributed by atoms with E-state index in [0.717, 1.165) is 0 Å². The number of hydrogen-bond donors (Lipinski definition) is 1. The predicted molar refractivity (Wildman–Crippen MR) is 91.5 cm³/mol. The molecule has 0 radical (unpaired) electrons. The van der Waals surface area contributed by atoms with Crippen LogP contribution in [0.3, 0.4) is 0 Å². The third kappa shape index (κ3) is 3.51. The molecule has 1 aromatic heterocycles. The third-order valence-corrected chi connectivity index (χ3v) is 4.61. The van der Waals surface area contributed by atoms with Crippen molar-refractivity contribution in [2.45, 2.75) is 18.6 Å². The van der Waals surface area contributed by atoms with Gasteiger partial charge in [0, 0.05) is 31.6 Å². The Kier molecular flexibility index (Phi) is 4.52. The number of benzene rings is 1. The van der Waals surface area contributed by atoms with Crippen molar-refractivity contribution in [1.82, 2.24) is 14.9 Å². The number of ether oxygens (including phenoxy) is 2. The van der Waals surface area contributed by atoms with Gasteiger partial charge in [0.25, 0.3) is 5.91 Å². The summed E-state index contributed by atoms with van der Waals surface area (Å²) < 4.78 is 24.3. The van der Waals surface area contributed by atoms with Crippen molar-refractivity contribution in [3.63, 3.8) is 0 Å². The lowest BCUT2D eigenvalue weighted by Crippen LogP contribution is -2.47. The molecule has 0 saturated carbocycles. The number of hydrogen-bond acceptors (Lipinski definition) is 6. The van der Waals surface area contributed by atoms with Crippen LogP contribution in [0, 0.1) is 5.82 Å². The molecule has 4 rings (SSSR count). The molecule has 8 heteroatoms. The van der Waals surface area contributed by atoms with Crippen LogP contribution in [-0.4, -0.2) is 52.9 Å². The summed E-state index contributed by atoms with van der Waals surface area (Å²) in [6, 6.07) is 5.92. The first-order valence-corrected chi connectivity index (χ1v) is 8.55. The van der Waals surface area contributed by atoms with Crippen LogP contribution in [0.4, 0.5) is 15.9 Å². The number of nitrogens with zero attached hydrogens (tertiary/aromatic N) is 3.